The van der Waals surface area contributed by atoms with E-state index in [0.717, 1.165) is 48.1 Å². The Bertz CT molecular complexity index is 928. The van der Waals surface area contributed by atoms with Crippen LogP contribution in [0.5, 0.6) is 0 Å². The summed E-state index contributed by atoms with van der Waals surface area (Å²) in [5.41, 5.74) is 4.60. The van der Waals surface area contributed by atoms with Crippen LogP contribution in [0.4, 0.5) is 5.69 Å². The van der Waals surface area contributed by atoms with Crippen molar-refractivity contribution in [1.29, 1.82) is 0 Å². The standard InChI is InChI=1S/C25H27BrN2O/c26-19-11-8-17(9-12-19)24-21-7-5-6-20(21)22-16-18(10-13-23(22)27-24)25(29)28-14-3-1-2-4-15-28/h5-6,8-13,16,20-21,24,27H,1-4,7,14-15H2/t20-,21-,24-/m1/s1. The number of fused-ring (bicyclic) bond motifs is 3. The molecule has 1 saturated heterocycles. The van der Waals surface area contributed by atoms with Gasteiger partial charge in [0.1, 0.15) is 0 Å². The molecule has 4 heteroatoms. The van der Waals surface area contributed by atoms with E-state index < -0.39 is 0 Å². The second kappa shape index (κ2) is 7.98. The van der Waals surface area contributed by atoms with Crippen molar-refractivity contribution < 1.29 is 4.79 Å². The predicted molar refractivity (Wildman–Crippen MR) is 121 cm³/mol. The number of rotatable bonds is 2. The van der Waals surface area contributed by atoms with E-state index in [4.69, 9.17) is 0 Å². The molecule has 1 N–H and O–H groups in total. The number of anilines is 1. The summed E-state index contributed by atoms with van der Waals surface area (Å²) in [6.07, 6.45) is 10.5. The smallest absolute Gasteiger partial charge is 0.253 e. The Morgan fingerprint density at radius 2 is 1.76 bits per heavy atom. The summed E-state index contributed by atoms with van der Waals surface area (Å²) in [6, 6.07) is 15.2. The third kappa shape index (κ3) is 3.63. The number of carbonyl (C=O) groups is 1. The summed E-state index contributed by atoms with van der Waals surface area (Å²) in [6.45, 7) is 1.79. The molecule has 0 radical (unpaired) electrons. The zero-order valence-electron chi connectivity index (χ0n) is 16.6. The van der Waals surface area contributed by atoms with Crippen LogP contribution in [-0.4, -0.2) is 23.9 Å². The SMILES string of the molecule is O=C(c1ccc2c(c1)[C@@H]1C=CC[C@H]1[C@@H](c1ccc(Br)cc1)N2)N1CCCCCC1. The molecule has 1 amide bonds. The van der Waals surface area contributed by atoms with Crippen LogP contribution in [0.1, 0.15) is 65.5 Å². The minimum absolute atomic E-state index is 0.197. The van der Waals surface area contributed by atoms with Crippen molar-refractivity contribution in [2.45, 2.75) is 44.1 Å². The van der Waals surface area contributed by atoms with E-state index in [1.807, 2.05) is 6.07 Å². The third-order valence-corrected chi connectivity index (χ3v) is 7.26. The fraction of sp³-hybridized carbons (Fsp3) is 0.400. The number of amides is 1. The van der Waals surface area contributed by atoms with Crippen molar-refractivity contribution in [3.8, 4) is 0 Å². The molecule has 2 aromatic carbocycles. The molecular weight excluding hydrogens is 424 g/mol. The number of allylic oxidation sites excluding steroid dienone is 2. The molecule has 3 nitrogen and oxygen atoms in total. The zero-order valence-corrected chi connectivity index (χ0v) is 18.2. The van der Waals surface area contributed by atoms with Gasteiger partial charge in [-0.2, -0.15) is 0 Å². The number of benzene rings is 2. The molecule has 2 aliphatic heterocycles. The van der Waals surface area contributed by atoms with Gasteiger partial charge in [-0.05, 0) is 66.6 Å². The van der Waals surface area contributed by atoms with Crippen LogP contribution >= 0.6 is 15.9 Å². The molecule has 0 unspecified atom stereocenters. The first-order chi connectivity index (χ1) is 14.2. The maximum atomic E-state index is 13.1. The number of likely N-dealkylation sites (tertiary alicyclic amines) is 1. The van der Waals surface area contributed by atoms with Crippen molar-refractivity contribution in [2.24, 2.45) is 5.92 Å². The fourth-order valence-electron chi connectivity index (χ4n) is 5.18. The fourth-order valence-corrected chi connectivity index (χ4v) is 5.45. The lowest BCUT2D eigenvalue weighted by Crippen LogP contribution is -2.33. The number of hydrogen-bond acceptors (Lipinski definition) is 2. The van der Waals surface area contributed by atoms with Crippen LogP contribution < -0.4 is 5.32 Å². The van der Waals surface area contributed by atoms with E-state index in [1.165, 1.54) is 24.0 Å². The summed E-state index contributed by atoms with van der Waals surface area (Å²) in [5.74, 6) is 1.06. The number of halogens is 1. The van der Waals surface area contributed by atoms with Gasteiger partial charge >= 0.3 is 0 Å². The summed E-state index contributed by atoms with van der Waals surface area (Å²) in [5, 5.41) is 3.78. The van der Waals surface area contributed by atoms with Crippen LogP contribution in [0.15, 0.2) is 59.1 Å². The molecule has 150 valence electrons. The number of hydrogen-bond donors (Lipinski definition) is 1. The maximum absolute atomic E-state index is 13.1. The van der Waals surface area contributed by atoms with Crippen molar-refractivity contribution in [3.63, 3.8) is 0 Å². The Kier molecular flexibility index (Phi) is 5.21. The van der Waals surface area contributed by atoms with E-state index in [2.05, 4.69) is 74.7 Å². The molecule has 3 atom stereocenters. The second-order valence-electron chi connectivity index (χ2n) is 8.54. The Labute approximate surface area is 181 Å². The normalized spacial score (nSPS) is 25.7. The highest BCUT2D eigenvalue weighted by atomic mass is 79.9. The van der Waals surface area contributed by atoms with Gasteiger partial charge in [-0.15, -0.1) is 0 Å². The molecule has 2 aromatic rings. The Morgan fingerprint density at radius 1 is 1.00 bits per heavy atom. The van der Waals surface area contributed by atoms with Gasteiger partial charge in [-0.25, -0.2) is 0 Å². The monoisotopic (exact) mass is 450 g/mol. The summed E-state index contributed by atoms with van der Waals surface area (Å²) >= 11 is 3.54. The van der Waals surface area contributed by atoms with E-state index in [0.29, 0.717) is 17.9 Å². The third-order valence-electron chi connectivity index (χ3n) is 6.73. The van der Waals surface area contributed by atoms with Crippen LogP contribution in [0.2, 0.25) is 0 Å². The summed E-state index contributed by atoms with van der Waals surface area (Å²) in [7, 11) is 0. The first-order valence-corrected chi connectivity index (χ1v) is 11.6. The molecular formula is C25H27BrN2O. The lowest BCUT2D eigenvalue weighted by atomic mass is 9.76. The highest BCUT2D eigenvalue weighted by molar-refractivity contribution is 9.10. The minimum Gasteiger partial charge on any atom is -0.378 e. The van der Waals surface area contributed by atoms with Gasteiger partial charge < -0.3 is 10.2 Å². The molecule has 3 aliphatic rings. The Morgan fingerprint density at radius 3 is 2.52 bits per heavy atom. The van der Waals surface area contributed by atoms with Gasteiger partial charge in [0.15, 0.2) is 0 Å². The first-order valence-electron chi connectivity index (χ1n) is 10.8. The van der Waals surface area contributed by atoms with Gasteiger partial charge in [0, 0.05) is 34.7 Å². The molecule has 1 aliphatic carbocycles. The molecule has 0 spiro atoms. The van der Waals surface area contributed by atoms with Gasteiger partial charge in [0.25, 0.3) is 5.91 Å². The summed E-state index contributed by atoms with van der Waals surface area (Å²) in [4.78, 5) is 15.2. The van der Waals surface area contributed by atoms with E-state index in [-0.39, 0.29) is 5.91 Å². The highest BCUT2D eigenvalue weighted by Gasteiger charge is 2.38. The van der Waals surface area contributed by atoms with Crippen LogP contribution in [0.25, 0.3) is 0 Å². The Balaban J connectivity index is 1.45. The number of carbonyl (C=O) groups excluding carboxylic acids is 1. The first kappa shape index (κ1) is 18.9. The van der Waals surface area contributed by atoms with Crippen LogP contribution in [0.3, 0.4) is 0 Å². The molecule has 0 aromatic heterocycles. The summed E-state index contributed by atoms with van der Waals surface area (Å²) < 4.78 is 1.11. The number of nitrogens with one attached hydrogen (secondary N) is 1. The van der Waals surface area contributed by atoms with Gasteiger partial charge in [0.05, 0.1) is 6.04 Å². The molecule has 1 fully saturated rings. The highest BCUT2D eigenvalue weighted by Crippen LogP contribution is 2.50. The quantitative estimate of drug-likeness (QED) is 0.544. The Hall–Kier alpha value is -2.07. The predicted octanol–water partition coefficient (Wildman–Crippen LogP) is 6.29. The second-order valence-corrected chi connectivity index (χ2v) is 9.45. The average molecular weight is 451 g/mol. The van der Waals surface area contributed by atoms with Gasteiger partial charge in [-0.3, -0.25) is 4.79 Å². The van der Waals surface area contributed by atoms with Crippen molar-refractivity contribution in [2.75, 3.05) is 18.4 Å². The van der Waals surface area contributed by atoms with Crippen LogP contribution in [-0.2, 0) is 0 Å². The lowest BCUT2D eigenvalue weighted by molar-refractivity contribution is 0.0761. The molecule has 5 rings (SSSR count). The van der Waals surface area contributed by atoms with E-state index >= 15 is 0 Å². The number of nitrogens with zero attached hydrogens (tertiary/aromatic N) is 1. The largest absolute Gasteiger partial charge is 0.378 e. The molecule has 2 heterocycles. The lowest BCUT2D eigenvalue weighted by Gasteiger charge is -2.38. The van der Waals surface area contributed by atoms with Gasteiger partial charge in [-0.1, -0.05) is 53.1 Å². The maximum Gasteiger partial charge on any atom is 0.253 e. The minimum atomic E-state index is 0.197. The molecule has 0 bridgehead atoms. The van der Waals surface area contributed by atoms with Crippen LogP contribution in [0, 0.1) is 5.92 Å². The average Bonchev–Trinajstić information content (AvgIpc) is 3.09. The molecule has 0 saturated carbocycles. The molecule has 29 heavy (non-hydrogen) atoms. The zero-order chi connectivity index (χ0) is 19.8. The topological polar surface area (TPSA) is 32.3 Å². The van der Waals surface area contributed by atoms with E-state index in [1.54, 1.807) is 0 Å². The van der Waals surface area contributed by atoms with Crippen molar-refractivity contribution >= 4 is 27.5 Å². The van der Waals surface area contributed by atoms with Crippen molar-refractivity contribution in [1.82, 2.24) is 4.90 Å². The van der Waals surface area contributed by atoms with E-state index in [9.17, 15) is 4.79 Å². The van der Waals surface area contributed by atoms with Gasteiger partial charge in [0.2, 0.25) is 0 Å². The van der Waals surface area contributed by atoms with Crippen molar-refractivity contribution in [3.05, 3.63) is 75.8 Å².